The molecule has 0 aliphatic rings. The highest BCUT2D eigenvalue weighted by atomic mass is 32.2. The van der Waals surface area contributed by atoms with Gasteiger partial charge in [-0.15, -0.1) is 0 Å². The second kappa shape index (κ2) is 7.05. The quantitative estimate of drug-likeness (QED) is 0.260. The van der Waals surface area contributed by atoms with Gasteiger partial charge in [0.25, 0.3) is 10.1 Å². The van der Waals surface area contributed by atoms with Crippen molar-refractivity contribution in [1.29, 1.82) is 0 Å². The molecule has 74 valence electrons. The lowest BCUT2D eigenvalue weighted by Crippen LogP contribution is -1.98. The molecule has 0 fully saturated rings. The Labute approximate surface area is 73.7 Å². The zero-order valence-corrected chi connectivity index (χ0v) is 8.88. The molecule has 0 aromatic rings. The average molecular weight is 198 g/mol. The third-order valence-electron chi connectivity index (χ3n) is 0.619. The molecule has 12 heavy (non-hydrogen) atoms. The Morgan fingerprint density at radius 3 is 1.58 bits per heavy atom. The van der Waals surface area contributed by atoms with Gasteiger partial charge in [-0.2, -0.15) is 8.42 Å². The molecule has 0 bridgehead atoms. The van der Waals surface area contributed by atoms with Gasteiger partial charge >= 0.3 is 6.40 Å². The fourth-order valence-electron chi connectivity index (χ4n) is 0.211. The third-order valence-corrected chi connectivity index (χ3v) is 1.22. The first-order chi connectivity index (χ1) is 5.33. The van der Waals surface area contributed by atoms with Gasteiger partial charge in [0.15, 0.2) is 0 Å². The molecule has 0 saturated heterocycles. The second-order valence-corrected chi connectivity index (χ2v) is 3.92. The van der Waals surface area contributed by atoms with Crippen LogP contribution >= 0.6 is 0 Å². The van der Waals surface area contributed by atoms with Crippen LogP contribution in [0.5, 0.6) is 0 Å². The Kier molecular flexibility index (Phi) is 8.19. The Morgan fingerprint density at radius 2 is 1.58 bits per heavy atom. The summed E-state index contributed by atoms with van der Waals surface area (Å²) in [7, 11) is 3.40. The van der Waals surface area contributed by atoms with Crippen LogP contribution in [0.4, 0.5) is 0 Å². The molecular formula is C6H16NO4S+. The lowest BCUT2D eigenvalue weighted by Gasteiger charge is -1.84. The van der Waals surface area contributed by atoms with Crippen molar-refractivity contribution in [2.75, 3.05) is 34.6 Å². The summed E-state index contributed by atoms with van der Waals surface area (Å²) in [6.07, 6.45) is 2.62. The smallest absolute Gasteiger partial charge is 0.322 e. The van der Waals surface area contributed by atoms with Crippen molar-refractivity contribution in [3.8, 4) is 0 Å². The Bertz CT molecular complexity index is 216. The fourth-order valence-corrected chi connectivity index (χ4v) is 0.211. The van der Waals surface area contributed by atoms with E-state index < -0.39 is 10.1 Å². The Hall–Kier alpha value is -0.620. The number of nitrogens with zero attached hydrogens (tertiary/aromatic N) is 1. The molecule has 0 heterocycles. The Balaban J connectivity index is 0. The molecule has 0 aromatic carbocycles. The van der Waals surface area contributed by atoms with Crippen molar-refractivity contribution < 1.29 is 21.9 Å². The maximum atomic E-state index is 9.78. The minimum Gasteiger partial charge on any atom is -0.454 e. The van der Waals surface area contributed by atoms with Gasteiger partial charge in [-0.1, -0.05) is 0 Å². The van der Waals surface area contributed by atoms with Crippen molar-refractivity contribution in [3.63, 3.8) is 0 Å². The van der Waals surface area contributed by atoms with Crippen LogP contribution in [0.2, 0.25) is 0 Å². The van der Waals surface area contributed by atoms with Crippen LogP contribution in [0.25, 0.3) is 0 Å². The summed E-state index contributed by atoms with van der Waals surface area (Å²) >= 11 is 0. The van der Waals surface area contributed by atoms with E-state index >= 15 is 0 Å². The maximum Gasteiger partial charge on any atom is 0.322 e. The molecule has 0 aliphatic heterocycles. The molecule has 6 heteroatoms. The molecule has 0 atom stereocenters. The van der Waals surface area contributed by atoms with Gasteiger partial charge in [0.1, 0.15) is 14.1 Å². The standard InChI is InChI=1S/C4H10NO.C2H6O3S/c1-5(2)4-6-3;1-5-6(2,3)4/h4H,1-3H3;1-2H3/q+1;. The summed E-state index contributed by atoms with van der Waals surface area (Å²) in [6, 6.07) is 0. The molecule has 0 radical (unpaired) electrons. The zero-order valence-electron chi connectivity index (χ0n) is 8.07. The van der Waals surface area contributed by atoms with E-state index in [1.165, 1.54) is 0 Å². The van der Waals surface area contributed by atoms with Gasteiger partial charge in [-0.05, 0) is 0 Å². The van der Waals surface area contributed by atoms with Crippen molar-refractivity contribution in [2.45, 2.75) is 0 Å². The highest BCUT2D eigenvalue weighted by Crippen LogP contribution is 1.75. The number of ether oxygens (including phenoxy) is 1. The zero-order chi connectivity index (χ0) is 10.2. The molecule has 0 aromatic heterocycles. The van der Waals surface area contributed by atoms with Crippen molar-refractivity contribution in [1.82, 2.24) is 0 Å². The molecule has 0 unspecified atom stereocenters. The van der Waals surface area contributed by atoms with Crippen molar-refractivity contribution in [3.05, 3.63) is 0 Å². The molecule has 0 N–H and O–H groups in total. The van der Waals surface area contributed by atoms with Crippen LogP contribution in [0, 0.1) is 0 Å². The average Bonchev–Trinajstić information content (AvgIpc) is 1.87. The van der Waals surface area contributed by atoms with Crippen LogP contribution < -0.4 is 0 Å². The van der Waals surface area contributed by atoms with E-state index in [9.17, 15) is 8.42 Å². The third kappa shape index (κ3) is 22.8. The highest BCUT2D eigenvalue weighted by Gasteiger charge is 1.90. The first-order valence-corrected chi connectivity index (χ1v) is 4.93. The summed E-state index contributed by atoms with van der Waals surface area (Å²) in [4.78, 5) is 0. The topological polar surface area (TPSA) is 55.6 Å². The largest absolute Gasteiger partial charge is 0.454 e. The molecule has 0 aliphatic carbocycles. The normalized spacial score (nSPS) is 9.42. The van der Waals surface area contributed by atoms with E-state index in [4.69, 9.17) is 0 Å². The van der Waals surface area contributed by atoms with Gasteiger partial charge in [-0.3, -0.25) is 4.18 Å². The van der Waals surface area contributed by atoms with E-state index in [-0.39, 0.29) is 0 Å². The predicted octanol–water partition coefficient (Wildman–Crippen LogP) is -0.474. The van der Waals surface area contributed by atoms with Gasteiger partial charge < -0.3 is 4.74 Å². The second-order valence-electron chi connectivity index (χ2n) is 2.18. The lowest BCUT2D eigenvalue weighted by molar-refractivity contribution is -0.467. The molecule has 0 spiro atoms. The highest BCUT2D eigenvalue weighted by molar-refractivity contribution is 7.85. The Morgan fingerprint density at radius 1 is 1.25 bits per heavy atom. The van der Waals surface area contributed by atoms with E-state index in [1.54, 1.807) is 13.5 Å². The summed E-state index contributed by atoms with van der Waals surface area (Å²) in [5, 5.41) is 0. The molecule has 0 rings (SSSR count). The summed E-state index contributed by atoms with van der Waals surface area (Å²) < 4.78 is 29.9. The fraction of sp³-hybridized carbons (Fsp3) is 0.833. The first-order valence-electron chi connectivity index (χ1n) is 3.11. The van der Waals surface area contributed by atoms with Crippen LogP contribution in [0.1, 0.15) is 0 Å². The molecule has 0 saturated carbocycles. The van der Waals surface area contributed by atoms with Gasteiger partial charge in [0.2, 0.25) is 0 Å². The lowest BCUT2D eigenvalue weighted by atomic mass is 11.1. The van der Waals surface area contributed by atoms with Crippen LogP contribution in [0.15, 0.2) is 0 Å². The monoisotopic (exact) mass is 198 g/mol. The molecule has 5 nitrogen and oxygen atoms in total. The summed E-state index contributed by atoms with van der Waals surface area (Å²) in [5.74, 6) is 0. The van der Waals surface area contributed by atoms with Crippen LogP contribution in [-0.2, 0) is 19.0 Å². The van der Waals surface area contributed by atoms with Gasteiger partial charge in [0, 0.05) is 0 Å². The van der Waals surface area contributed by atoms with E-state index in [0.717, 1.165) is 13.4 Å². The number of hydrogen-bond donors (Lipinski definition) is 0. The van der Waals surface area contributed by atoms with Crippen LogP contribution in [-0.4, -0.2) is 54.0 Å². The van der Waals surface area contributed by atoms with Gasteiger partial charge in [-0.25, -0.2) is 4.58 Å². The predicted molar refractivity (Wildman–Crippen MR) is 47.0 cm³/mol. The number of methoxy groups -OCH3 is 1. The van der Waals surface area contributed by atoms with Gasteiger partial charge in [0.05, 0.1) is 20.5 Å². The molecular weight excluding hydrogens is 182 g/mol. The maximum absolute atomic E-state index is 9.78. The van der Waals surface area contributed by atoms with Crippen LogP contribution in [0.3, 0.4) is 0 Å². The van der Waals surface area contributed by atoms with E-state index in [1.807, 2.05) is 18.7 Å². The number of hydrogen-bond acceptors (Lipinski definition) is 4. The van der Waals surface area contributed by atoms with Crippen molar-refractivity contribution >= 4 is 16.5 Å². The summed E-state index contributed by atoms with van der Waals surface area (Å²) in [5.41, 5.74) is 0. The SMILES string of the molecule is COC=[N+](C)C.COS(C)(=O)=O. The first kappa shape index (κ1) is 13.9. The molecule has 0 amide bonds. The minimum absolute atomic E-state index is 0.993. The minimum atomic E-state index is -3.16. The number of rotatable bonds is 2. The van der Waals surface area contributed by atoms with E-state index in [0.29, 0.717) is 0 Å². The van der Waals surface area contributed by atoms with E-state index in [2.05, 4.69) is 8.92 Å². The summed E-state index contributed by atoms with van der Waals surface area (Å²) in [6.45, 7) is 0. The van der Waals surface area contributed by atoms with Crippen molar-refractivity contribution in [2.24, 2.45) is 0 Å².